The van der Waals surface area contributed by atoms with Crippen molar-refractivity contribution in [3.63, 3.8) is 0 Å². The largest absolute Gasteiger partial charge is 0.479 e. The minimum atomic E-state index is -1.03. The molecule has 0 unspecified atom stereocenters. The molecule has 0 bridgehead atoms. The van der Waals surface area contributed by atoms with Gasteiger partial charge < -0.3 is 14.6 Å². The lowest BCUT2D eigenvalue weighted by Gasteiger charge is -2.10. The molecule has 2 aromatic carbocycles. The van der Waals surface area contributed by atoms with Crippen LogP contribution < -0.4 is 9.47 Å². The molecule has 24 heavy (non-hydrogen) atoms. The lowest BCUT2D eigenvalue weighted by atomic mass is 10.2. The molecule has 1 atom stereocenters. The Kier molecular flexibility index (Phi) is 4.48. The molecule has 1 aromatic heterocycles. The highest BCUT2D eigenvalue weighted by molar-refractivity contribution is 6.31. The smallest absolute Gasteiger partial charge is 0.344 e. The fourth-order valence-electron chi connectivity index (χ4n) is 1.98. The number of aliphatic carboxylic acids is 1. The van der Waals surface area contributed by atoms with Crippen LogP contribution in [0.3, 0.4) is 0 Å². The van der Waals surface area contributed by atoms with Gasteiger partial charge in [0.05, 0.1) is 5.52 Å². The molecule has 0 amide bonds. The highest BCUT2D eigenvalue weighted by Gasteiger charge is 2.12. The van der Waals surface area contributed by atoms with Crippen molar-refractivity contribution in [1.82, 2.24) is 9.97 Å². The lowest BCUT2D eigenvalue weighted by Crippen LogP contribution is -2.22. The van der Waals surface area contributed by atoms with Crippen molar-refractivity contribution < 1.29 is 19.4 Å². The van der Waals surface area contributed by atoms with E-state index >= 15 is 0 Å². The number of carboxylic acids is 1. The molecule has 0 saturated carbocycles. The molecule has 0 aliphatic heterocycles. The summed E-state index contributed by atoms with van der Waals surface area (Å²) in [5.74, 6) is -0.0787. The second-order valence-corrected chi connectivity index (χ2v) is 5.46. The van der Waals surface area contributed by atoms with Gasteiger partial charge in [-0.3, -0.25) is 0 Å². The van der Waals surface area contributed by atoms with Crippen molar-refractivity contribution in [2.45, 2.75) is 13.0 Å². The van der Waals surface area contributed by atoms with Crippen molar-refractivity contribution in [2.75, 3.05) is 0 Å². The van der Waals surface area contributed by atoms with Crippen molar-refractivity contribution in [3.8, 4) is 17.5 Å². The van der Waals surface area contributed by atoms with Crippen LogP contribution in [0, 0.1) is 0 Å². The minimum Gasteiger partial charge on any atom is -0.479 e. The van der Waals surface area contributed by atoms with Crippen molar-refractivity contribution in [1.29, 1.82) is 0 Å². The summed E-state index contributed by atoms with van der Waals surface area (Å²) in [5.41, 5.74) is 0.722. The normalized spacial score (nSPS) is 11.9. The molecule has 7 heteroatoms. The first kappa shape index (κ1) is 16.0. The van der Waals surface area contributed by atoms with Crippen molar-refractivity contribution >= 4 is 28.5 Å². The van der Waals surface area contributed by atoms with E-state index in [0.717, 1.165) is 10.9 Å². The van der Waals surface area contributed by atoms with Gasteiger partial charge in [-0.25, -0.2) is 9.78 Å². The average Bonchev–Trinajstić information content (AvgIpc) is 2.56. The summed E-state index contributed by atoms with van der Waals surface area (Å²) in [7, 11) is 0. The van der Waals surface area contributed by atoms with E-state index in [0.29, 0.717) is 16.5 Å². The highest BCUT2D eigenvalue weighted by atomic mass is 35.5. The topological polar surface area (TPSA) is 81.5 Å². The maximum absolute atomic E-state index is 10.8. The summed E-state index contributed by atoms with van der Waals surface area (Å²) in [6.07, 6.45) is 0.711. The zero-order valence-corrected chi connectivity index (χ0v) is 13.4. The Morgan fingerprint density at radius 1 is 1.17 bits per heavy atom. The number of aromatic nitrogens is 2. The third-order valence-corrected chi connectivity index (χ3v) is 3.45. The number of ether oxygens (including phenoxy) is 2. The van der Waals surface area contributed by atoms with E-state index in [2.05, 4.69) is 9.97 Å². The highest BCUT2D eigenvalue weighted by Crippen LogP contribution is 2.24. The van der Waals surface area contributed by atoms with Gasteiger partial charge in [-0.1, -0.05) is 11.6 Å². The van der Waals surface area contributed by atoms with E-state index in [1.165, 1.54) is 6.92 Å². The van der Waals surface area contributed by atoms with Gasteiger partial charge >= 0.3 is 12.0 Å². The molecule has 0 fully saturated rings. The van der Waals surface area contributed by atoms with Crippen LogP contribution in [0.4, 0.5) is 0 Å². The summed E-state index contributed by atoms with van der Waals surface area (Å²) in [4.78, 5) is 19.2. The summed E-state index contributed by atoms with van der Waals surface area (Å²) in [6, 6.07) is 12.1. The van der Waals surface area contributed by atoms with E-state index < -0.39 is 12.1 Å². The van der Waals surface area contributed by atoms with E-state index in [-0.39, 0.29) is 6.01 Å². The van der Waals surface area contributed by atoms with Gasteiger partial charge in [0, 0.05) is 16.6 Å². The first-order chi connectivity index (χ1) is 11.5. The number of carbonyl (C=O) groups is 1. The molecule has 1 heterocycles. The number of carboxylic acid groups (broad SMARTS) is 1. The number of benzene rings is 2. The number of hydrogen-bond acceptors (Lipinski definition) is 5. The van der Waals surface area contributed by atoms with Crippen LogP contribution >= 0.6 is 11.6 Å². The predicted molar refractivity (Wildman–Crippen MR) is 88.8 cm³/mol. The third-order valence-electron chi connectivity index (χ3n) is 3.21. The fourth-order valence-corrected chi connectivity index (χ4v) is 2.16. The zero-order valence-electron chi connectivity index (χ0n) is 12.6. The predicted octanol–water partition coefficient (Wildman–Crippen LogP) is 3.93. The van der Waals surface area contributed by atoms with Crippen molar-refractivity contribution in [3.05, 3.63) is 53.7 Å². The molecule has 0 radical (unpaired) electrons. The molecule has 0 aliphatic carbocycles. The number of fused-ring (bicyclic) bond motifs is 1. The van der Waals surface area contributed by atoms with Gasteiger partial charge in [0.15, 0.2) is 6.10 Å². The molecule has 1 N–H and O–H groups in total. The molecule has 6 nitrogen and oxygen atoms in total. The van der Waals surface area contributed by atoms with Crippen LogP contribution in [0.1, 0.15) is 6.92 Å². The second-order valence-electron chi connectivity index (χ2n) is 5.03. The van der Waals surface area contributed by atoms with Crippen LogP contribution in [0.2, 0.25) is 5.02 Å². The number of rotatable bonds is 5. The van der Waals surface area contributed by atoms with E-state index in [4.69, 9.17) is 26.2 Å². The summed E-state index contributed by atoms with van der Waals surface area (Å²) >= 11 is 5.92. The fraction of sp³-hybridized carbons (Fsp3) is 0.118. The van der Waals surface area contributed by atoms with Crippen LogP contribution in [-0.4, -0.2) is 27.1 Å². The molecule has 0 spiro atoms. The van der Waals surface area contributed by atoms with Gasteiger partial charge in [-0.15, -0.1) is 0 Å². The lowest BCUT2D eigenvalue weighted by molar-refractivity contribution is -0.144. The first-order valence-corrected chi connectivity index (χ1v) is 7.49. The molecule has 0 saturated heterocycles. The quantitative estimate of drug-likeness (QED) is 0.755. The first-order valence-electron chi connectivity index (χ1n) is 7.11. The van der Waals surface area contributed by atoms with Gasteiger partial charge in [0.1, 0.15) is 11.5 Å². The minimum absolute atomic E-state index is 0.206. The van der Waals surface area contributed by atoms with Crippen molar-refractivity contribution in [2.24, 2.45) is 0 Å². The number of nitrogens with zero attached hydrogens (tertiary/aromatic N) is 2. The number of hydrogen-bond donors (Lipinski definition) is 1. The van der Waals surface area contributed by atoms with Gasteiger partial charge in [-0.05, 0) is 49.4 Å². The van der Waals surface area contributed by atoms with Crippen LogP contribution in [-0.2, 0) is 4.79 Å². The van der Waals surface area contributed by atoms with Gasteiger partial charge in [-0.2, -0.15) is 4.98 Å². The summed E-state index contributed by atoms with van der Waals surface area (Å²) in [6.45, 7) is 1.46. The van der Waals surface area contributed by atoms with Gasteiger partial charge in [0.2, 0.25) is 0 Å². The Morgan fingerprint density at radius 3 is 2.58 bits per heavy atom. The van der Waals surface area contributed by atoms with Crippen LogP contribution in [0.5, 0.6) is 17.5 Å². The Labute approximate surface area is 142 Å². The molecule has 3 rings (SSSR count). The molecule has 3 aromatic rings. The van der Waals surface area contributed by atoms with Crippen LogP contribution in [0.15, 0.2) is 48.7 Å². The standard InChI is InChI=1S/C17H13ClN2O4/c1-10(16(21)22)23-13-3-5-14(6-4-13)24-17-19-9-11-8-12(18)2-7-15(11)20-17/h2-10H,1H3,(H,21,22)/t10-/m0/s1. The maximum Gasteiger partial charge on any atom is 0.344 e. The van der Waals surface area contributed by atoms with E-state index in [9.17, 15) is 4.79 Å². The Morgan fingerprint density at radius 2 is 1.88 bits per heavy atom. The van der Waals surface area contributed by atoms with Gasteiger partial charge in [0.25, 0.3) is 0 Å². The Hall–Kier alpha value is -2.86. The molecular formula is C17H13ClN2O4. The zero-order chi connectivity index (χ0) is 17.1. The Bertz CT molecular complexity index is 883. The monoisotopic (exact) mass is 344 g/mol. The molecule has 122 valence electrons. The molecular weight excluding hydrogens is 332 g/mol. The second kappa shape index (κ2) is 6.72. The Balaban J connectivity index is 1.74. The van der Waals surface area contributed by atoms with E-state index in [1.807, 2.05) is 0 Å². The van der Waals surface area contributed by atoms with E-state index in [1.54, 1.807) is 48.7 Å². The third kappa shape index (κ3) is 3.72. The molecule has 0 aliphatic rings. The average molecular weight is 345 g/mol. The van der Waals surface area contributed by atoms with Crippen LogP contribution in [0.25, 0.3) is 10.9 Å². The number of halogens is 1. The summed E-state index contributed by atoms with van der Waals surface area (Å²) < 4.78 is 10.8. The summed E-state index contributed by atoms with van der Waals surface area (Å²) in [5, 5.41) is 10.3. The SMILES string of the molecule is C[C@H](Oc1ccc(Oc2ncc3cc(Cl)ccc3n2)cc1)C(=O)O. The maximum atomic E-state index is 10.8.